The Labute approximate surface area is 266 Å². The van der Waals surface area contributed by atoms with Crippen LogP contribution in [0.25, 0.3) is 11.3 Å². The van der Waals surface area contributed by atoms with Crippen molar-refractivity contribution in [2.45, 2.75) is 89.7 Å². The third-order valence-electron chi connectivity index (χ3n) is 7.54. The maximum atomic E-state index is 13.3. The highest BCUT2D eigenvalue weighted by Gasteiger charge is 2.49. The third-order valence-corrected chi connectivity index (χ3v) is 8.86. The Morgan fingerprint density at radius 2 is 1.70 bits per heavy atom. The zero-order valence-corrected chi connectivity index (χ0v) is 27.3. The van der Waals surface area contributed by atoms with Crippen molar-refractivity contribution in [1.82, 2.24) is 15.3 Å². The Balaban J connectivity index is 1.62. The molecule has 1 fully saturated rings. The number of rotatable bonds is 12. The zero-order valence-electron chi connectivity index (χ0n) is 26.5. The molecule has 4 rings (SSSR count). The van der Waals surface area contributed by atoms with E-state index in [1.54, 1.807) is 6.07 Å². The monoisotopic (exact) mass is 664 g/mol. The molecule has 0 spiro atoms. The van der Waals surface area contributed by atoms with E-state index in [9.17, 15) is 31.5 Å². The van der Waals surface area contributed by atoms with Crippen LogP contribution in [-0.2, 0) is 14.8 Å². The topological polar surface area (TPSA) is 140 Å². The van der Waals surface area contributed by atoms with E-state index in [1.807, 2.05) is 52.8 Å². The van der Waals surface area contributed by atoms with Crippen molar-refractivity contribution in [2.75, 3.05) is 11.3 Å². The summed E-state index contributed by atoms with van der Waals surface area (Å²) >= 11 is 0. The predicted octanol–water partition coefficient (Wildman–Crippen LogP) is 6.49. The lowest BCUT2D eigenvalue weighted by Gasteiger charge is -2.46. The number of carboxylic acids is 1. The van der Waals surface area contributed by atoms with E-state index in [4.69, 9.17) is 4.74 Å². The molecule has 1 atom stereocenters. The summed E-state index contributed by atoms with van der Waals surface area (Å²) in [6.07, 6.45) is -3.75. The molecule has 0 amide bonds. The van der Waals surface area contributed by atoms with Crippen molar-refractivity contribution < 1.29 is 41.0 Å². The highest BCUT2D eigenvalue weighted by molar-refractivity contribution is 7.92. The molecule has 0 unspecified atom stereocenters. The van der Waals surface area contributed by atoms with Crippen molar-refractivity contribution in [3.05, 3.63) is 65.2 Å². The van der Waals surface area contributed by atoms with Gasteiger partial charge in [0.25, 0.3) is 10.0 Å². The first-order valence-electron chi connectivity index (χ1n) is 14.7. The molecular weight excluding hydrogens is 625 g/mol. The molecular formula is C32H39F3N4O6S. The van der Waals surface area contributed by atoms with Gasteiger partial charge in [0.2, 0.25) is 11.8 Å². The van der Waals surface area contributed by atoms with Gasteiger partial charge in [0, 0.05) is 23.7 Å². The SMILES string of the molecule is Cc1cccc(C)c1-c1cc(OC[C@@H](CC(C)(C)C)NC2CC(C)(OC(F)(F)F)C2)nc(NS(=O)(=O)c2cccc(C(=O)O)c2)n1. The van der Waals surface area contributed by atoms with Gasteiger partial charge in [-0.1, -0.05) is 45.0 Å². The van der Waals surface area contributed by atoms with Gasteiger partial charge in [0.05, 0.1) is 21.8 Å². The summed E-state index contributed by atoms with van der Waals surface area (Å²) in [7, 11) is -4.29. The minimum atomic E-state index is -4.72. The molecule has 0 aliphatic heterocycles. The van der Waals surface area contributed by atoms with Crippen molar-refractivity contribution >= 4 is 21.9 Å². The maximum absolute atomic E-state index is 13.3. The fourth-order valence-electron chi connectivity index (χ4n) is 5.75. The maximum Gasteiger partial charge on any atom is 0.523 e. The zero-order chi connectivity index (χ0) is 34.1. The number of halogens is 3. The Hall–Kier alpha value is -3.75. The number of benzene rings is 2. The van der Waals surface area contributed by atoms with E-state index in [1.165, 1.54) is 25.1 Å². The minimum absolute atomic E-state index is 0.0733. The number of hydrogen-bond acceptors (Lipinski definition) is 8. The lowest BCUT2D eigenvalue weighted by Crippen LogP contribution is -2.58. The summed E-state index contributed by atoms with van der Waals surface area (Å²) < 4.78 is 77.9. The number of nitrogens with zero attached hydrogens (tertiary/aromatic N) is 2. The van der Waals surface area contributed by atoms with Crippen LogP contribution >= 0.6 is 0 Å². The lowest BCUT2D eigenvalue weighted by atomic mass is 9.76. The first-order chi connectivity index (χ1) is 21.2. The summed E-state index contributed by atoms with van der Waals surface area (Å²) in [6, 6.07) is 11.7. The molecule has 1 heterocycles. The van der Waals surface area contributed by atoms with Crippen molar-refractivity contribution in [3.8, 4) is 17.1 Å². The number of aromatic nitrogens is 2. The van der Waals surface area contributed by atoms with E-state index >= 15 is 0 Å². The molecule has 46 heavy (non-hydrogen) atoms. The van der Waals surface area contributed by atoms with Crippen LogP contribution in [0.2, 0.25) is 0 Å². The predicted molar refractivity (Wildman–Crippen MR) is 166 cm³/mol. The number of aromatic carboxylic acids is 1. The number of hydrogen-bond donors (Lipinski definition) is 3. The average molecular weight is 665 g/mol. The number of alkyl halides is 3. The summed E-state index contributed by atoms with van der Waals surface area (Å²) in [5, 5.41) is 12.7. The molecule has 2 aromatic carbocycles. The Bertz CT molecular complexity index is 1670. The van der Waals surface area contributed by atoms with E-state index in [0.29, 0.717) is 12.1 Å². The van der Waals surface area contributed by atoms with Gasteiger partial charge in [-0.05, 0) is 74.8 Å². The number of nitrogens with one attached hydrogen (secondary N) is 2. The smallest absolute Gasteiger partial charge is 0.478 e. The van der Waals surface area contributed by atoms with Gasteiger partial charge < -0.3 is 15.2 Å². The number of aryl methyl sites for hydroxylation is 2. The largest absolute Gasteiger partial charge is 0.523 e. The van der Waals surface area contributed by atoms with Gasteiger partial charge >= 0.3 is 12.3 Å². The first kappa shape index (κ1) is 35.1. The second-order valence-corrected chi connectivity index (χ2v) is 14.8. The second-order valence-electron chi connectivity index (χ2n) is 13.2. The molecule has 14 heteroatoms. The van der Waals surface area contributed by atoms with E-state index in [0.717, 1.165) is 22.8 Å². The number of carbonyl (C=O) groups is 1. The van der Waals surface area contributed by atoms with E-state index in [2.05, 4.69) is 24.7 Å². The van der Waals surface area contributed by atoms with Crippen LogP contribution in [0.15, 0.2) is 53.4 Å². The number of anilines is 1. The highest BCUT2D eigenvalue weighted by atomic mass is 32.2. The van der Waals surface area contributed by atoms with Crippen molar-refractivity contribution in [3.63, 3.8) is 0 Å². The van der Waals surface area contributed by atoms with E-state index < -0.39 is 28.0 Å². The summed E-state index contributed by atoms with van der Waals surface area (Å²) in [4.78, 5) is 19.9. The van der Waals surface area contributed by atoms with Crippen LogP contribution in [0, 0.1) is 19.3 Å². The van der Waals surface area contributed by atoms with Gasteiger partial charge in [-0.3, -0.25) is 4.74 Å². The minimum Gasteiger partial charge on any atom is -0.478 e. The molecule has 0 radical (unpaired) electrons. The Morgan fingerprint density at radius 1 is 1.07 bits per heavy atom. The molecule has 0 bridgehead atoms. The summed E-state index contributed by atoms with van der Waals surface area (Å²) in [6.45, 7) is 11.4. The fraction of sp³-hybridized carbons (Fsp3) is 0.469. The van der Waals surface area contributed by atoms with Crippen molar-refractivity contribution in [2.24, 2.45) is 5.41 Å². The molecule has 3 N–H and O–H groups in total. The molecule has 10 nitrogen and oxygen atoms in total. The van der Waals surface area contributed by atoms with Crippen LogP contribution in [0.4, 0.5) is 19.1 Å². The Kier molecular flexibility index (Phi) is 10.0. The van der Waals surface area contributed by atoms with Gasteiger partial charge in [-0.2, -0.15) is 4.98 Å². The molecule has 3 aromatic rings. The molecule has 1 aliphatic rings. The highest BCUT2D eigenvalue weighted by Crippen LogP contribution is 2.41. The first-order valence-corrected chi connectivity index (χ1v) is 16.2. The summed E-state index contributed by atoms with van der Waals surface area (Å²) in [5.41, 5.74) is 1.26. The molecule has 1 saturated carbocycles. The van der Waals surface area contributed by atoms with Crippen LogP contribution in [0.3, 0.4) is 0 Å². The molecule has 1 aliphatic carbocycles. The van der Waals surface area contributed by atoms with Gasteiger partial charge in [0.1, 0.15) is 6.61 Å². The Morgan fingerprint density at radius 3 is 2.28 bits per heavy atom. The average Bonchev–Trinajstić information content (AvgIpc) is 2.89. The van der Waals surface area contributed by atoms with Crippen molar-refractivity contribution in [1.29, 1.82) is 0 Å². The number of carboxylic acid groups (broad SMARTS) is 1. The van der Waals surface area contributed by atoms with Crippen LogP contribution < -0.4 is 14.8 Å². The lowest BCUT2D eigenvalue weighted by molar-refractivity contribution is -0.377. The van der Waals surface area contributed by atoms with Crippen LogP contribution in [-0.4, -0.2) is 60.1 Å². The third kappa shape index (κ3) is 9.39. The van der Waals surface area contributed by atoms with Gasteiger partial charge in [-0.25, -0.2) is 22.9 Å². The fourth-order valence-corrected chi connectivity index (χ4v) is 6.74. The normalized spacial score (nSPS) is 19.3. The number of ether oxygens (including phenoxy) is 2. The molecule has 0 saturated heterocycles. The van der Waals surface area contributed by atoms with Crippen LogP contribution in [0.1, 0.15) is 68.4 Å². The second kappa shape index (κ2) is 13.2. The van der Waals surface area contributed by atoms with E-state index in [-0.39, 0.29) is 59.2 Å². The number of sulfonamides is 1. The van der Waals surface area contributed by atoms with Gasteiger partial charge in [-0.15, -0.1) is 13.2 Å². The molecule has 1 aromatic heterocycles. The summed E-state index contributed by atoms with van der Waals surface area (Å²) in [5.74, 6) is -1.49. The van der Waals surface area contributed by atoms with Crippen LogP contribution in [0.5, 0.6) is 5.88 Å². The quantitative estimate of drug-likeness (QED) is 0.198. The standard InChI is InChI=1S/C32H39F3N4O6S/c1-19-9-7-10-20(2)27(19)25-14-26(38-29(37-25)39-46(42,43)24-12-8-11-21(13-24)28(40)41)44-18-23(15-30(3,4)5)36-22-16-31(6,17-22)45-32(33,34)35/h7-14,22-23,36H,15-18H2,1-6H3,(H,40,41)(H,37,38,39)/t22?,23-,31?/m1/s1. The molecule has 250 valence electrons. The van der Waals surface area contributed by atoms with Gasteiger partial charge in [0.15, 0.2) is 0 Å².